The van der Waals surface area contributed by atoms with Gasteiger partial charge in [0, 0.05) is 22.9 Å². The predicted molar refractivity (Wildman–Crippen MR) is 90.8 cm³/mol. The van der Waals surface area contributed by atoms with Crippen LogP contribution in [-0.4, -0.2) is 28.1 Å². The van der Waals surface area contributed by atoms with Crippen molar-refractivity contribution in [2.75, 3.05) is 18.4 Å². The third-order valence-electron chi connectivity index (χ3n) is 3.50. The molecular weight excluding hydrogens is 391 g/mol. The molecule has 0 radical (unpaired) electrons. The van der Waals surface area contributed by atoms with Gasteiger partial charge in [-0.1, -0.05) is 18.2 Å². The van der Waals surface area contributed by atoms with Crippen LogP contribution >= 0.6 is 11.8 Å². The van der Waals surface area contributed by atoms with Gasteiger partial charge in [0.15, 0.2) is 5.71 Å². The summed E-state index contributed by atoms with van der Waals surface area (Å²) in [6.07, 6.45) is 3.44. The van der Waals surface area contributed by atoms with E-state index in [9.17, 15) is 0 Å². The number of nitrogens with one attached hydrogen (secondary N) is 1. The molecule has 2 nitrogen and oxygen atoms in total. The molecule has 1 heterocycles. The first-order valence-corrected chi connectivity index (χ1v) is 8.19. The van der Waals surface area contributed by atoms with Gasteiger partial charge in [-0.3, -0.25) is 0 Å². The van der Waals surface area contributed by atoms with Crippen molar-refractivity contribution in [1.29, 1.82) is 0 Å². The van der Waals surface area contributed by atoms with Crippen LogP contribution in [0.1, 0.15) is 34.1 Å². The zero-order valence-electron chi connectivity index (χ0n) is 13.3. The van der Waals surface area contributed by atoms with Gasteiger partial charge in [0.05, 0.1) is 5.03 Å². The van der Waals surface area contributed by atoms with Crippen LogP contribution in [0.3, 0.4) is 0 Å². The van der Waals surface area contributed by atoms with Crippen LogP contribution in [0.25, 0.3) is 0 Å². The summed E-state index contributed by atoms with van der Waals surface area (Å²) >= 11 is 1.93. The van der Waals surface area contributed by atoms with E-state index >= 15 is 0 Å². The maximum Gasteiger partial charge on any atom is 0.180 e. The van der Waals surface area contributed by atoms with Crippen LogP contribution in [0.4, 0.5) is 5.69 Å². The minimum absolute atomic E-state index is 0. The van der Waals surface area contributed by atoms with Crippen molar-refractivity contribution >= 4 is 23.2 Å². The largest absolute Gasteiger partial charge is 1.00 e. The summed E-state index contributed by atoms with van der Waals surface area (Å²) < 4.78 is 2.69. The summed E-state index contributed by atoms with van der Waals surface area (Å²) in [4.78, 5) is 0. The molecule has 21 heavy (non-hydrogen) atoms. The molecule has 0 atom stereocenters. The fourth-order valence-corrected chi connectivity index (χ4v) is 3.74. The zero-order valence-corrected chi connectivity index (χ0v) is 16.3. The number of halogens is 1. The van der Waals surface area contributed by atoms with E-state index in [0.29, 0.717) is 0 Å². The number of benzene rings is 1. The van der Waals surface area contributed by atoms with E-state index in [1.54, 1.807) is 0 Å². The normalized spacial score (nSPS) is 16.8. The lowest BCUT2D eigenvalue weighted by Crippen LogP contribution is -3.00. The second-order valence-corrected chi connectivity index (χ2v) is 7.45. The average Bonchev–Trinajstić information content (AvgIpc) is 2.39. The minimum Gasteiger partial charge on any atom is -1.00 e. The highest BCUT2D eigenvalue weighted by Crippen LogP contribution is 2.39. The second kappa shape index (κ2) is 8.22. The van der Waals surface area contributed by atoms with E-state index in [0.717, 1.165) is 25.2 Å². The molecule has 0 saturated carbocycles. The zero-order chi connectivity index (χ0) is 14.6. The summed E-state index contributed by atoms with van der Waals surface area (Å²) in [7, 11) is 0. The Bertz CT molecular complexity index is 515. The lowest BCUT2D eigenvalue weighted by molar-refractivity contribution is -0.521. The number of nitrogens with zero attached hydrogens (tertiary/aromatic N) is 1. The van der Waals surface area contributed by atoms with Crippen molar-refractivity contribution in [2.45, 2.75) is 38.9 Å². The molecule has 0 amide bonds. The first-order chi connectivity index (χ1) is 9.54. The van der Waals surface area contributed by atoms with Gasteiger partial charge >= 0.3 is 0 Å². The SMILES string of the molecule is CC[N+](CC)=C1C=C(Nc2ccccc2)SC(C)(C)C1.[I-]. The molecule has 1 aliphatic rings. The lowest BCUT2D eigenvalue weighted by atomic mass is 10.0. The molecule has 0 spiro atoms. The quantitative estimate of drug-likeness (QED) is 0.589. The Morgan fingerprint density at radius 1 is 1.14 bits per heavy atom. The summed E-state index contributed by atoms with van der Waals surface area (Å²) in [5.74, 6) is 0. The number of thioether (sulfide) groups is 1. The third-order valence-corrected chi connectivity index (χ3v) is 4.64. The van der Waals surface area contributed by atoms with E-state index < -0.39 is 0 Å². The van der Waals surface area contributed by atoms with Crippen molar-refractivity contribution in [2.24, 2.45) is 0 Å². The van der Waals surface area contributed by atoms with Gasteiger partial charge in [0.2, 0.25) is 0 Å². The van der Waals surface area contributed by atoms with Crippen LogP contribution < -0.4 is 29.3 Å². The molecule has 116 valence electrons. The number of rotatable bonds is 4. The molecule has 0 fully saturated rings. The smallest absolute Gasteiger partial charge is 0.180 e. The van der Waals surface area contributed by atoms with Crippen LogP contribution in [0, 0.1) is 0 Å². The molecule has 1 aromatic carbocycles. The van der Waals surface area contributed by atoms with Crippen LogP contribution in [-0.2, 0) is 0 Å². The highest BCUT2D eigenvalue weighted by molar-refractivity contribution is 8.04. The Hall–Kier alpha value is -0.490. The van der Waals surface area contributed by atoms with Gasteiger partial charge in [0.1, 0.15) is 13.1 Å². The molecule has 2 rings (SSSR count). The summed E-state index contributed by atoms with van der Waals surface area (Å²) in [5, 5.41) is 4.79. The lowest BCUT2D eigenvalue weighted by Gasteiger charge is -2.29. The molecule has 0 aliphatic carbocycles. The van der Waals surface area contributed by atoms with Crippen LogP contribution in [0.2, 0.25) is 0 Å². The Morgan fingerprint density at radius 3 is 2.33 bits per heavy atom. The van der Waals surface area contributed by atoms with Crippen LogP contribution in [0.5, 0.6) is 0 Å². The maximum absolute atomic E-state index is 3.55. The Kier molecular flexibility index (Phi) is 7.27. The number of para-hydroxylation sites is 1. The summed E-state index contributed by atoms with van der Waals surface area (Å²) in [6.45, 7) is 11.2. The van der Waals surface area contributed by atoms with Crippen molar-refractivity contribution in [1.82, 2.24) is 0 Å². The number of anilines is 1. The first kappa shape index (κ1) is 18.6. The average molecular weight is 416 g/mol. The van der Waals surface area contributed by atoms with E-state index in [2.05, 4.69) is 67.9 Å². The van der Waals surface area contributed by atoms with E-state index in [4.69, 9.17) is 0 Å². The van der Waals surface area contributed by atoms with Gasteiger partial charge in [-0.2, -0.15) is 0 Å². The van der Waals surface area contributed by atoms with Gasteiger partial charge < -0.3 is 29.3 Å². The topological polar surface area (TPSA) is 15.0 Å². The summed E-state index contributed by atoms with van der Waals surface area (Å²) in [5.41, 5.74) is 2.60. The molecule has 0 unspecified atom stereocenters. The molecule has 0 aromatic heterocycles. The Morgan fingerprint density at radius 2 is 1.76 bits per heavy atom. The van der Waals surface area contributed by atoms with E-state index in [1.165, 1.54) is 10.7 Å². The fraction of sp³-hybridized carbons (Fsp3) is 0.471. The van der Waals surface area contributed by atoms with Crippen molar-refractivity contribution in [3.63, 3.8) is 0 Å². The van der Waals surface area contributed by atoms with Crippen LogP contribution in [0.15, 0.2) is 41.4 Å². The van der Waals surface area contributed by atoms with Gasteiger partial charge in [-0.25, -0.2) is 4.58 Å². The minimum atomic E-state index is 0. The Labute approximate surface area is 150 Å². The van der Waals surface area contributed by atoms with Gasteiger partial charge in [-0.15, -0.1) is 11.8 Å². The standard InChI is InChI=1S/C17H24N2S.HI/c1-5-19(6-2)15-12-16(20-17(3,4)13-15)18-14-10-8-7-9-11-14;/h7-12H,5-6,13H2,1-4H3;1H. The van der Waals surface area contributed by atoms with Crippen molar-refractivity contribution in [3.8, 4) is 0 Å². The monoisotopic (exact) mass is 416 g/mol. The fourth-order valence-electron chi connectivity index (χ4n) is 2.56. The third kappa shape index (κ3) is 5.33. The first-order valence-electron chi connectivity index (χ1n) is 7.37. The molecular formula is C17H25IN2S. The molecule has 0 bridgehead atoms. The second-order valence-electron chi connectivity index (χ2n) is 5.70. The van der Waals surface area contributed by atoms with Crippen molar-refractivity contribution in [3.05, 3.63) is 41.4 Å². The molecule has 1 N–H and O–H groups in total. The van der Waals surface area contributed by atoms with E-state index in [1.807, 2.05) is 17.8 Å². The highest BCUT2D eigenvalue weighted by atomic mass is 127. The highest BCUT2D eigenvalue weighted by Gasteiger charge is 2.31. The van der Waals surface area contributed by atoms with Gasteiger partial charge in [0.25, 0.3) is 0 Å². The molecule has 4 heteroatoms. The molecule has 1 aromatic rings. The Balaban J connectivity index is 0.00000220. The molecule has 1 aliphatic heterocycles. The number of allylic oxidation sites excluding steroid dienone is 1. The number of hydrogen-bond donors (Lipinski definition) is 1. The van der Waals surface area contributed by atoms with Gasteiger partial charge in [-0.05, 0) is 39.8 Å². The van der Waals surface area contributed by atoms with Crippen molar-refractivity contribution < 1.29 is 28.6 Å². The number of hydrogen-bond acceptors (Lipinski definition) is 2. The summed E-state index contributed by atoms with van der Waals surface area (Å²) in [6, 6.07) is 10.4. The predicted octanol–water partition coefficient (Wildman–Crippen LogP) is 1.35. The maximum atomic E-state index is 3.55. The van der Waals surface area contributed by atoms with E-state index in [-0.39, 0.29) is 28.7 Å². The molecule has 0 saturated heterocycles.